The average Bonchev–Trinajstić information content (AvgIpc) is 2.42. The SMILES string of the molecule is CCCNCC(OCCCC(C)C)c1ccc(Br)cc1. The zero-order valence-electron chi connectivity index (χ0n) is 13.0. The number of nitrogens with one attached hydrogen (secondary N) is 1. The molecule has 1 aromatic carbocycles. The molecule has 2 nitrogen and oxygen atoms in total. The monoisotopic (exact) mass is 341 g/mol. The third kappa shape index (κ3) is 7.41. The third-order valence-corrected chi connectivity index (χ3v) is 3.77. The fraction of sp³-hybridized carbons (Fsp3) is 0.647. The van der Waals surface area contributed by atoms with Crippen molar-refractivity contribution in [1.82, 2.24) is 5.32 Å². The normalized spacial score (nSPS) is 12.8. The molecule has 0 aromatic heterocycles. The first kappa shape index (κ1) is 17.7. The Hall–Kier alpha value is -0.380. The van der Waals surface area contributed by atoms with Crippen LogP contribution >= 0.6 is 15.9 Å². The van der Waals surface area contributed by atoms with Gasteiger partial charge >= 0.3 is 0 Å². The van der Waals surface area contributed by atoms with Crippen molar-refractivity contribution < 1.29 is 4.74 Å². The topological polar surface area (TPSA) is 21.3 Å². The maximum Gasteiger partial charge on any atom is 0.0949 e. The van der Waals surface area contributed by atoms with E-state index in [1.165, 1.54) is 12.0 Å². The van der Waals surface area contributed by atoms with E-state index in [1.54, 1.807) is 0 Å². The highest BCUT2D eigenvalue weighted by atomic mass is 79.9. The molecule has 1 N–H and O–H groups in total. The molecule has 20 heavy (non-hydrogen) atoms. The Morgan fingerprint density at radius 2 is 1.90 bits per heavy atom. The molecule has 0 saturated carbocycles. The second-order valence-electron chi connectivity index (χ2n) is 5.65. The molecule has 0 radical (unpaired) electrons. The number of rotatable bonds is 10. The van der Waals surface area contributed by atoms with Crippen LogP contribution in [0.15, 0.2) is 28.7 Å². The first-order valence-electron chi connectivity index (χ1n) is 7.71. The quantitative estimate of drug-likeness (QED) is 0.608. The van der Waals surface area contributed by atoms with Crippen LogP contribution in [-0.2, 0) is 4.74 Å². The van der Waals surface area contributed by atoms with Crippen LogP contribution in [-0.4, -0.2) is 19.7 Å². The van der Waals surface area contributed by atoms with Gasteiger partial charge in [0.05, 0.1) is 6.10 Å². The van der Waals surface area contributed by atoms with Crippen molar-refractivity contribution in [3.63, 3.8) is 0 Å². The minimum absolute atomic E-state index is 0.154. The minimum atomic E-state index is 0.154. The van der Waals surface area contributed by atoms with Gasteiger partial charge in [-0.2, -0.15) is 0 Å². The van der Waals surface area contributed by atoms with Crippen molar-refractivity contribution in [3.8, 4) is 0 Å². The van der Waals surface area contributed by atoms with E-state index >= 15 is 0 Å². The van der Waals surface area contributed by atoms with E-state index in [0.717, 1.165) is 42.9 Å². The van der Waals surface area contributed by atoms with E-state index in [9.17, 15) is 0 Å². The molecule has 114 valence electrons. The summed E-state index contributed by atoms with van der Waals surface area (Å²) in [4.78, 5) is 0. The molecule has 1 aromatic rings. The Balaban J connectivity index is 2.48. The van der Waals surface area contributed by atoms with Gasteiger partial charge in [-0.1, -0.05) is 48.8 Å². The number of benzene rings is 1. The van der Waals surface area contributed by atoms with Gasteiger partial charge in [0, 0.05) is 17.6 Å². The van der Waals surface area contributed by atoms with Gasteiger partial charge in [-0.05, 0) is 49.4 Å². The van der Waals surface area contributed by atoms with Crippen molar-refractivity contribution in [2.75, 3.05) is 19.7 Å². The number of hydrogen-bond donors (Lipinski definition) is 1. The maximum absolute atomic E-state index is 6.09. The van der Waals surface area contributed by atoms with Gasteiger partial charge in [-0.15, -0.1) is 0 Å². The molecule has 0 amide bonds. The molecule has 1 unspecified atom stereocenters. The Morgan fingerprint density at radius 3 is 2.50 bits per heavy atom. The molecule has 0 bridgehead atoms. The van der Waals surface area contributed by atoms with Gasteiger partial charge in [-0.25, -0.2) is 0 Å². The van der Waals surface area contributed by atoms with Crippen LogP contribution in [0.5, 0.6) is 0 Å². The Labute approximate surface area is 132 Å². The Morgan fingerprint density at radius 1 is 1.20 bits per heavy atom. The van der Waals surface area contributed by atoms with E-state index in [1.807, 2.05) is 0 Å². The van der Waals surface area contributed by atoms with Crippen LogP contribution in [0.1, 0.15) is 51.7 Å². The summed E-state index contributed by atoms with van der Waals surface area (Å²) in [7, 11) is 0. The molecule has 0 spiro atoms. The van der Waals surface area contributed by atoms with Gasteiger partial charge < -0.3 is 10.1 Å². The predicted octanol–water partition coefficient (Wildman–Crippen LogP) is 4.94. The number of hydrogen-bond acceptors (Lipinski definition) is 2. The Kier molecular flexibility index (Phi) is 9.16. The van der Waals surface area contributed by atoms with Crippen molar-refractivity contribution in [3.05, 3.63) is 34.3 Å². The molecule has 3 heteroatoms. The molecule has 0 saturated heterocycles. The highest BCUT2D eigenvalue weighted by Crippen LogP contribution is 2.20. The first-order valence-corrected chi connectivity index (χ1v) is 8.50. The summed E-state index contributed by atoms with van der Waals surface area (Å²) in [5.41, 5.74) is 1.25. The van der Waals surface area contributed by atoms with Crippen molar-refractivity contribution >= 4 is 15.9 Å². The maximum atomic E-state index is 6.09. The van der Waals surface area contributed by atoms with Gasteiger partial charge in [0.2, 0.25) is 0 Å². The number of ether oxygens (including phenoxy) is 1. The van der Waals surface area contributed by atoms with Crippen molar-refractivity contribution in [2.24, 2.45) is 5.92 Å². The zero-order valence-corrected chi connectivity index (χ0v) is 14.6. The predicted molar refractivity (Wildman–Crippen MR) is 90.1 cm³/mol. The van der Waals surface area contributed by atoms with E-state index < -0.39 is 0 Å². The van der Waals surface area contributed by atoms with Crippen LogP contribution in [0.4, 0.5) is 0 Å². The molecule has 1 rings (SSSR count). The molecular formula is C17H28BrNO. The van der Waals surface area contributed by atoms with Crippen molar-refractivity contribution in [1.29, 1.82) is 0 Å². The van der Waals surface area contributed by atoms with Crippen LogP contribution in [0.25, 0.3) is 0 Å². The summed E-state index contributed by atoms with van der Waals surface area (Å²) in [6, 6.07) is 8.45. The fourth-order valence-corrected chi connectivity index (χ4v) is 2.34. The molecule has 0 aliphatic carbocycles. The van der Waals surface area contributed by atoms with Crippen LogP contribution in [0.2, 0.25) is 0 Å². The van der Waals surface area contributed by atoms with Gasteiger partial charge in [0.15, 0.2) is 0 Å². The van der Waals surface area contributed by atoms with E-state index in [-0.39, 0.29) is 6.10 Å². The third-order valence-electron chi connectivity index (χ3n) is 3.24. The summed E-state index contributed by atoms with van der Waals surface area (Å²) >= 11 is 3.48. The summed E-state index contributed by atoms with van der Waals surface area (Å²) < 4.78 is 7.20. The van der Waals surface area contributed by atoms with Gasteiger partial charge in [0.25, 0.3) is 0 Å². The second-order valence-corrected chi connectivity index (χ2v) is 6.57. The lowest BCUT2D eigenvalue weighted by molar-refractivity contribution is 0.0488. The summed E-state index contributed by atoms with van der Waals surface area (Å²) in [6.07, 6.45) is 3.68. The standard InChI is InChI=1S/C17H28BrNO/c1-4-11-19-13-17(20-12-5-6-14(2)3)15-7-9-16(18)10-8-15/h7-10,14,17,19H,4-6,11-13H2,1-3H3. The number of halogens is 1. The Bertz CT molecular complexity index is 351. The second kappa shape index (κ2) is 10.4. The van der Waals surface area contributed by atoms with Crippen LogP contribution < -0.4 is 5.32 Å². The lowest BCUT2D eigenvalue weighted by Gasteiger charge is -2.19. The summed E-state index contributed by atoms with van der Waals surface area (Å²) in [5.74, 6) is 0.753. The molecule has 0 fully saturated rings. The van der Waals surface area contributed by atoms with E-state index in [4.69, 9.17) is 4.74 Å². The summed E-state index contributed by atoms with van der Waals surface area (Å²) in [6.45, 7) is 9.47. The van der Waals surface area contributed by atoms with E-state index in [0.29, 0.717) is 0 Å². The first-order chi connectivity index (χ1) is 9.63. The molecule has 0 heterocycles. The highest BCUT2D eigenvalue weighted by Gasteiger charge is 2.11. The zero-order chi connectivity index (χ0) is 14.8. The lowest BCUT2D eigenvalue weighted by atomic mass is 10.1. The van der Waals surface area contributed by atoms with Crippen LogP contribution in [0.3, 0.4) is 0 Å². The van der Waals surface area contributed by atoms with Gasteiger partial charge in [-0.3, -0.25) is 0 Å². The fourth-order valence-electron chi connectivity index (χ4n) is 2.08. The molecule has 1 atom stereocenters. The van der Waals surface area contributed by atoms with E-state index in [2.05, 4.69) is 66.3 Å². The van der Waals surface area contributed by atoms with Crippen molar-refractivity contribution in [2.45, 2.75) is 46.1 Å². The molecule has 0 aliphatic heterocycles. The minimum Gasteiger partial charge on any atom is -0.372 e. The molecule has 0 aliphatic rings. The van der Waals surface area contributed by atoms with Crippen LogP contribution in [0, 0.1) is 5.92 Å². The summed E-state index contributed by atoms with van der Waals surface area (Å²) in [5, 5.41) is 3.46. The highest BCUT2D eigenvalue weighted by molar-refractivity contribution is 9.10. The average molecular weight is 342 g/mol. The molecular weight excluding hydrogens is 314 g/mol. The largest absolute Gasteiger partial charge is 0.372 e. The lowest BCUT2D eigenvalue weighted by Crippen LogP contribution is -2.24. The smallest absolute Gasteiger partial charge is 0.0949 e. The van der Waals surface area contributed by atoms with Gasteiger partial charge in [0.1, 0.15) is 0 Å².